The van der Waals surface area contributed by atoms with E-state index in [2.05, 4.69) is 93.1 Å². The van der Waals surface area contributed by atoms with Gasteiger partial charge in [-0.05, 0) is 130 Å². The number of likely N-dealkylation sites (N-methyl/N-ethyl adjacent to an activating group) is 1. The highest BCUT2D eigenvalue weighted by Crippen LogP contribution is 2.33. The fraction of sp³-hybridized carbons (Fsp3) is 0.316. The Bertz CT molecular complexity index is 5160. The highest BCUT2D eigenvalue weighted by molar-refractivity contribution is 5.96. The number of hydrogen-bond donors (Lipinski definition) is 0. The number of methoxy groups -OCH3 is 4. The van der Waals surface area contributed by atoms with E-state index in [0.717, 1.165) is 43.9 Å². The summed E-state index contributed by atoms with van der Waals surface area (Å²) in [6.07, 6.45) is 9.20. The van der Waals surface area contributed by atoms with Gasteiger partial charge in [-0.15, -0.1) is 40.8 Å². The second kappa shape index (κ2) is 35.5. The van der Waals surface area contributed by atoms with Gasteiger partial charge in [0, 0.05) is 127 Å². The molecule has 4 aliphatic heterocycles. The van der Waals surface area contributed by atoms with E-state index >= 15 is 0 Å². The molecule has 0 saturated carbocycles. The van der Waals surface area contributed by atoms with E-state index in [4.69, 9.17) is 18.9 Å². The molecule has 37 heteroatoms. The Balaban J connectivity index is 0.000000132. The molecule has 582 valence electrons. The van der Waals surface area contributed by atoms with Crippen molar-refractivity contribution in [2.45, 2.75) is 56.8 Å². The maximum Gasteiger partial charge on any atom is 0.274 e. The van der Waals surface area contributed by atoms with Crippen LogP contribution in [-0.2, 0) is 0 Å². The molecule has 0 N–H and O–H groups in total. The SMILES string of the molecule is COc1ccc(-n2nc(C(=O)N3CCC(F)(F)CC3)cc2-c2ccccn2)nn1.COc1ccc(-n2nc(C(=O)N3CCCC(F)(F)C3)cc2-c2ccccn2)nn1.COc1ccc(-n2nc(C(=O)N3CCCCC3)cc2-c2ccccn2)nn1.COc1ccc(-n2nc(C(=O)N3CCN(C)CC3)cc2-c2ccccn2)nn1. The molecule has 113 heavy (non-hydrogen) atoms. The maximum absolute atomic E-state index is 13.8. The second-order valence-corrected chi connectivity index (χ2v) is 26.2. The number of ether oxygens (including phenoxy) is 4. The molecule has 0 unspecified atom stereocenters. The van der Waals surface area contributed by atoms with Crippen molar-refractivity contribution in [2.75, 3.05) is 101 Å². The van der Waals surface area contributed by atoms with E-state index < -0.39 is 30.2 Å². The lowest BCUT2D eigenvalue weighted by atomic mass is 10.1. The van der Waals surface area contributed by atoms with Gasteiger partial charge in [0.2, 0.25) is 23.5 Å². The summed E-state index contributed by atoms with van der Waals surface area (Å²) in [5.74, 6) is -3.55. The van der Waals surface area contributed by atoms with Gasteiger partial charge in [-0.3, -0.25) is 39.1 Å². The summed E-state index contributed by atoms with van der Waals surface area (Å²) in [5.41, 5.74) is 5.88. The summed E-state index contributed by atoms with van der Waals surface area (Å²) in [5, 5.41) is 50.1. The van der Waals surface area contributed by atoms with Crippen molar-refractivity contribution in [2.24, 2.45) is 0 Å². The zero-order chi connectivity index (χ0) is 79.0. The van der Waals surface area contributed by atoms with Crippen LogP contribution in [0.1, 0.15) is 86.9 Å². The zero-order valence-electron chi connectivity index (χ0n) is 62.1. The number of amides is 4. The monoisotopic (exact) mass is 1540 g/mol. The number of carbonyl (C=O) groups is 4. The first-order valence-electron chi connectivity index (χ1n) is 36.0. The topological polar surface area (TPSA) is 347 Å². The molecule has 12 aromatic rings. The van der Waals surface area contributed by atoms with Crippen molar-refractivity contribution in [3.05, 3.63) is 193 Å². The molecule has 4 fully saturated rings. The Labute approximate surface area is 644 Å². The number of halogens is 4. The van der Waals surface area contributed by atoms with Gasteiger partial charge in [0.05, 0.1) is 80.5 Å². The minimum atomic E-state index is -2.89. The number of hydrogen-bond acceptors (Lipinski definition) is 25. The highest BCUT2D eigenvalue weighted by Gasteiger charge is 2.39. The van der Waals surface area contributed by atoms with Gasteiger partial charge >= 0.3 is 0 Å². The van der Waals surface area contributed by atoms with Crippen LogP contribution in [0.5, 0.6) is 23.5 Å². The molecule has 4 aliphatic rings. The molecule has 33 nitrogen and oxygen atoms in total. The first kappa shape index (κ1) is 77.7. The van der Waals surface area contributed by atoms with Gasteiger partial charge in [0.15, 0.2) is 46.0 Å². The summed E-state index contributed by atoms with van der Waals surface area (Å²) < 4.78 is 80.6. The second-order valence-electron chi connectivity index (χ2n) is 26.2. The van der Waals surface area contributed by atoms with E-state index in [0.29, 0.717) is 117 Å². The molecular formula is C76H77F4N25O8. The molecule has 16 rings (SSSR count). The van der Waals surface area contributed by atoms with Crippen molar-refractivity contribution >= 4 is 23.6 Å². The van der Waals surface area contributed by atoms with Crippen LogP contribution in [0.4, 0.5) is 17.6 Å². The largest absolute Gasteiger partial charge is 0.480 e. The molecule has 16 heterocycles. The first-order valence-corrected chi connectivity index (χ1v) is 36.0. The average molecular weight is 1540 g/mol. The average Bonchev–Trinajstić information content (AvgIpc) is 1.66. The van der Waals surface area contributed by atoms with E-state index in [9.17, 15) is 36.7 Å². The summed E-state index contributed by atoms with van der Waals surface area (Å²) in [6.45, 7) is 4.24. The van der Waals surface area contributed by atoms with Crippen LogP contribution in [0.2, 0.25) is 0 Å². The van der Waals surface area contributed by atoms with Crippen LogP contribution >= 0.6 is 0 Å². The number of piperidine rings is 3. The van der Waals surface area contributed by atoms with Crippen molar-refractivity contribution in [1.82, 2.24) is 124 Å². The van der Waals surface area contributed by atoms with Gasteiger partial charge in [-0.2, -0.15) is 20.4 Å². The summed E-state index contributed by atoms with van der Waals surface area (Å²) in [7, 11) is 8.08. The number of pyridine rings is 4. The summed E-state index contributed by atoms with van der Waals surface area (Å²) in [6, 6.07) is 42.0. The van der Waals surface area contributed by atoms with Gasteiger partial charge < -0.3 is 43.4 Å². The molecule has 4 amide bonds. The standard InChI is InChI=1S/2C19H18F2N6O2.C19H21N7O2.C19H20N6O2/c1-29-17-7-6-16(23-24-17)27-15(13-5-2-3-9-22-13)11-14(25-27)18(28)26-10-4-8-19(20,21)12-26;1-29-17-6-5-16(23-24-17)27-15(13-4-2-3-9-22-13)12-14(25-27)18(28)26-10-7-19(20,21)8-11-26;1-24-9-11-25(12-10-24)19(27)15-13-16(14-5-3-4-8-20-14)26(23-15)17-6-7-18(28-2)22-21-17;1-27-18-9-8-17(21-22-18)25-16(14-7-3-4-10-20-14)13-15(23-25)19(26)24-11-5-2-6-12-24/h2-3,5-7,9,11H,4,8,10,12H2,1H3;2-6,9,12H,7-8,10-11H2,1H3;3-8,13H,9-12H2,1-2H3;3-4,7-10,13H,2,5-6,11-12H2,1H3. The molecule has 12 aromatic heterocycles. The third-order valence-electron chi connectivity index (χ3n) is 18.5. The zero-order valence-corrected chi connectivity index (χ0v) is 62.1. The van der Waals surface area contributed by atoms with Gasteiger partial charge in [-0.1, -0.05) is 24.3 Å². The molecule has 0 atom stereocenters. The Morgan fingerprint density at radius 3 is 0.912 bits per heavy atom. The fourth-order valence-electron chi connectivity index (χ4n) is 12.5. The molecule has 0 spiro atoms. The number of piperazine rings is 1. The Kier molecular flexibility index (Phi) is 24.4. The number of likely N-dealkylation sites (tertiary alicyclic amines) is 3. The van der Waals surface area contributed by atoms with E-state index in [1.165, 1.54) is 55.2 Å². The Hall–Kier alpha value is -13.5. The molecule has 0 bridgehead atoms. The minimum absolute atomic E-state index is 0.0139. The van der Waals surface area contributed by atoms with Crippen LogP contribution < -0.4 is 18.9 Å². The predicted octanol–water partition coefficient (Wildman–Crippen LogP) is 8.69. The van der Waals surface area contributed by atoms with Crippen molar-refractivity contribution in [1.29, 1.82) is 0 Å². The fourth-order valence-corrected chi connectivity index (χ4v) is 12.5. The number of aromatic nitrogens is 20. The first-order chi connectivity index (χ1) is 54.8. The molecule has 4 saturated heterocycles. The lowest BCUT2D eigenvalue weighted by Crippen LogP contribution is -2.47. The molecule has 0 aromatic carbocycles. The number of nitrogens with zero attached hydrogens (tertiary/aromatic N) is 25. The number of rotatable bonds is 16. The number of carbonyl (C=O) groups excluding carboxylic acids is 4. The lowest BCUT2D eigenvalue weighted by molar-refractivity contribution is -0.0561. The smallest absolute Gasteiger partial charge is 0.274 e. The van der Waals surface area contributed by atoms with Crippen molar-refractivity contribution in [3.63, 3.8) is 0 Å². The van der Waals surface area contributed by atoms with E-state index in [-0.39, 0.29) is 68.5 Å². The Morgan fingerprint density at radius 2 is 0.628 bits per heavy atom. The molecule has 0 aliphatic carbocycles. The highest BCUT2D eigenvalue weighted by atomic mass is 19.3. The van der Waals surface area contributed by atoms with Crippen molar-refractivity contribution in [3.8, 4) is 92.3 Å². The van der Waals surface area contributed by atoms with E-state index in [1.807, 2.05) is 52.3 Å². The predicted molar refractivity (Wildman–Crippen MR) is 399 cm³/mol. The maximum atomic E-state index is 13.8. The van der Waals surface area contributed by atoms with Gasteiger partial charge in [-0.25, -0.2) is 36.3 Å². The molecule has 0 radical (unpaired) electrons. The molecular weight excluding hydrogens is 1470 g/mol. The minimum Gasteiger partial charge on any atom is -0.480 e. The Morgan fingerprint density at radius 1 is 0.327 bits per heavy atom. The van der Waals surface area contributed by atoms with E-state index in [1.54, 1.807) is 131 Å². The van der Waals surface area contributed by atoms with Crippen LogP contribution in [0.15, 0.2) is 170 Å². The summed E-state index contributed by atoms with van der Waals surface area (Å²) in [4.78, 5) is 77.4. The van der Waals surface area contributed by atoms with Crippen LogP contribution in [0.25, 0.3) is 68.8 Å². The third kappa shape index (κ3) is 18.9. The van der Waals surface area contributed by atoms with Crippen LogP contribution in [-0.4, -0.2) is 261 Å². The number of alkyl halides is 4. The van der Waals surface area contributed by atoms with Gasteiger partial charge in [0.25, 0.3) is 35.5 Å². The summed E-state index contributed by atoms with van der Waals surface area (Å²) >= 11 is 0. The van der Waals surface area contributed by atoms with Crippen molar-refractivity contribution < 1.29 is 55.7 Å². The third-order valence-corrected chi connectivity index (χ3v) is 18.5. The van der Waals surface area contributed by atoms with Crippen LogP contribution in [0.3, 0.4) is 0 Å². The quantitative estimate of drug-likeness (QED) is 0.0816. The normalized spacial score (nSPS) is 15.2. The van der Waals surface area contributed by atoms with Gasteiger partial charge in [0.1, 0.15) is 0 Å². The lowest BCUT2D eigenvalue weighted by Gasteiger charge is -2.31. The van der Waals surface area contributed by atoms with Crippen LogP contribution in [0, 0.1) is 0 Å².